The Bertz CT molecular complexity index is 304. The Morgan fingerprint density at radius 1 is 1.39 bits per heavy atom. The van der Waals surface area contributed by atoms with Crippen LogP contribution < -0.4 is 5.32 Å². The first-order valence-corrected chi connectivity index (χ1v) is 9.30. The highest BCUT2D eigenvalue weighted by atomic mass is 32.2. The summed E-state index contributed by atoms with van der Waals surface area (Å²) in [6.45, 7) is 3.42. The molecule has 0 saturated carbocycles. The number of rotatable bonds is 7. The number of thiophene rings is 1. The molecule has 1 aromatic heterocycles. The van der Waals surface area contributed by atoms with Gasteiger partial charge >= 0.3 is 0 Å². The van der Waals surface area contributed by atoms with E-state index < -0.39 is 0 Å². The van der Waals surface area contributed by atoms with Gasteiger partial charge in [-0.15, -0.1) is 0 Å². The predicted octanol–water partition coefficient (Wildman–Crippen LogP) is 4.19. The second-order valence-electron chi connectivity index (χ2n) is 5.28. The van der Waals surface area contributed by atoms with E-state index in [0.29, 0.717) is 6.04 Å². The van der Waals surface area contributed by atoms with Crippen molar-refractivity contribution in [2.75, 3.05) is 18.1 Å². The number of nitrogens with one attached hydrogen (secondary N) is 1. The van der Waals surface area contributed by atoms with Crippen LogP contribution in [0.5, 0.6) is 0 Å². The summed E-state index contributed by atoms with van der Waals surface area (Å²) in [5, 5.41) is 8.25. The van der Waals surface area contributed by atoms with E-state index in [1.165, 1.54) is 49.2 Å². The molecule has 0 spiro atoms. The molecule has 1 saturated heterocycles. The normalized spacial score (nSPS) is 18.9. The van der Waals surface area contributed by atoms with Gasteiger partial charge in [0.2, 0.25) is 0 Å². The van der Waals surface area contributed by atoms with Gasteiger partial charge in [0.05, 0.1) is 0 Å². The third-order valence-corrected chi connectivity index (χ3v) is 5.48. The van der Waals surface area contributed by atoms with Crippen molar-refractivity contribution in [2.45, 2.75) is 45.1 Å². The molecule has 2 rings (SSSR count). The first-order valence-electron chi connectivity index (χ1n) is 7.20. The van der Waals surface area contributed by atoms with Crippen molar-refractivity contribution in [2.24, 2.45) is 5.92 Å². The molecule has 2 heterocycles. The molecule has 1 aromatic rings. The zero-order valence-electron chi connectivity index (χ0n) is 11.4. The van der Waals surface area contributed by atoms with Crippen LogP contribution in [0.1, 0.15) is 38.2 Å². The van der Waals surface area contributed by atoms with Crippen LogP contribution in [0.25, 0.3) is 0 Å². The maximum Gasteiger partial charge on any atom is 0.0110 e. The van der Waals surface area contributed by atoms with Crippen LogP contribution in [0.2, 0.25) is 0 Å². The lowest BCUT2D eigenvalue weighted by molar-refractivity contribution is 0.362. The monoisotopic (exact) mass is 283 g/mol. The van der Waals surface area contributed by atoms with Crippen molar-refractivity contribution in [3.05, 3.63) is 22.4 Å². The summed E-state index contributed by atoms with van der Waals surface area (Å²) < 4.78 is 0. The number of hydrogen-bond acceptors (Lipinski definition) is 3. The van der Waals surface area contributed by atoms with Crippen LogP contribution in [0, 0.1) is 5.92 Å². The van der Waals surface area contributed by atoms with Crippen molar-refractivity contribution in [3.63, 3.8) is 0 Å². The molecule has 1 nitrogen and oxygen atoms in total. The molecule has 0 bridgehead atoms. The Labute approximate surface area is 120 Å². The lowest BCUT2D eigenvalue weighted by Crippen LogP contribution is -2.34. The molecule has 1 fully saturated rings. The molecule has 102 valence electrons. The molecule has 1 unspecified atom stereocenters. The van der Waals surface area contributed by atoms with Gasteiger partial charge in [0, 0.05) is 6.04 Å². The standard InChI is InChI=1S/C15H25NS2/c1-2-6-16-15(11-14-5-9-18-12-14)10-13-3-7-17-8-4-13/h5,9,12-13,15-16H,2-4,6-8,10-11H2,1H3. The Balaban J connectivity index is 1.83. The second-order valence-corrected chi connectivity index (χ2v) is 7.28. The van der Waals surface area contributed by atoms with Gasteiger partial charge in [0.15, 0.2) is 0 Å². The third kappa shape index (κ3) is 4.94. The quantitative estimate of drug-likeness (QED) is 0.805. The summed E-state index contributed by atoms with van der Waals surface area (Å²) in [5.41, 5.74) is 1.51. The molecule has 1 atom stereocenters. The molecule has 3 heteroatoms. The van der Waals surface area contributed by atoms with Crippen molar-refractivity contribution in [1.29, 1.82) is 0 Å². The molecule has 1 aliphatic rings. The van der Waals surface area contributed by atoms with E-state index in [2.05, 4.69) is 40.8 Å². The van der Waals surface area contributed by atoms with E-state index in [9.17, 15) is 0 Å². The largest absolute Gasteiger partial charge is 0.314 e. The minimum absolute atomic E-state index is 0.688. The number of thioether (sulfide) groups is 1. The van der Waals surface area contributed by atoms with Gasteiger partial charge in [-0.2, -0.15) is 23.1 Å². The first-order chi connectivity index (χ1) is 8.88. The summed E-state index contributed by atoms with van der Waals surface area (Å²) in [6.07, 6.45) is 6.68. The Kier molecular flexibility index (Phi) is 6.60. The van der Waals surface area contributed by atoms with Crippen LogP contribution in [-0.2, 0) is 6.42 Å². The molecular weight excluding hydrogens is 258 g/mol. The van der Waals surface area contributed by atoms with Gasteiger partial charge in [-0.1, -0.05) is 6.92 Å². The topological polar surface area (TPSA) is 12.0 Å². The molecule has 0 aliphatic carbocycles. The van der Waals surface area contributed by atoms with Gasteiger partial charge in [0.1, 0.15) is 0 Å². The Hall–Kier alpha value is 0.01000. The SMILES string of the molecule is CCCNC(Cc1ccsc1)CC1CCSCC1. The van der Waals surface area contributed by atoms with Gasteiger partial charge in [-0.25, -0.2) is 0 Å². The summed E-state index contributed by atoms with van der Waals surface area (Å²) in [4.78, 5) is 0. The molecule has 1 aliphatic heterocycles. The van der Waals surface area contributed by atoms with Crippen LogP contribution >= 0.6 is 23.1 Å². The van der Waals surface area contributed by atoms with E-state index >= 15 is 0 Å². The lowest BCUT2D eigenvalue weighted by atomic mass is 9.91. The van der Waals surface area contributed by atoms with E-state index in [-0.39, 0.29) is 0 Å². The van der Waals surface area contributed by atoms with Gasteiger partial charge in [-0.3, -0.25) is 0 Å². The molecular formula is C15H25NS2. The van der Waals surface area contributed by atoms with Crippen LogP contribution in [-0.4, -0.2) is 24.1 Å². The molecule has 1 N–H and O–H groups in total. The highest BCUT2D eigenvalue weighted by Gasteiger charge is 2.19. The van der Waals surface area contributed by atoms with Crippen molar-refractivity contribution in [3.8, 4) is 0 Å². The maximum atomic E-state index is 3.75. The Morgan fingerprint density at radius 3 is 2.89 bits per heavy atom. The van der Waals surface area contributed by atoms with Crippen molar-refractivity contribution < 1.29 is 0 Å². The molecule has 0 aromatic carbocycles. The smallest absolute Gasteiger partial charge is 0.0110 e. The zero-order chi connectivity index (χ0) is 12.6. The van der Waals surface area contributed by atoms with Gasteiger partial charge in [0.25, 0.3) is 0 Å². The fraction of sp³-hybridized carbons (Fsp3) is 0.733. The summed E-state index contributed by atoms with van der Waals surface area (Å²) in [6, 6.07) is 2.97. The van der Waals surface area contributed by atoms with E-state index in [0.717, 1.165) is 12.5 Å². The van der Waals surface area contributed by atoms with Crippen LogP contribution in [0.15, 0.2) is 16.8 Å². The Morgan fingerprint density at radius 2 is 2.22 bits per heavy atom. The number of hydrogen-bond donors (Lipinski definition) is 1. The van der Waals surface area contributed by atoms with E-state index in [4.69, 9.17) is 0 Å². The van der Waals surface area contributed by atoms with E-state index in [1.807, 2.05) is 11.3 Å². The fourth-order valence-corrected chi connectivity index (χ4v) is 4.55. The van der Waals surface area contributed by atoms with E-state index in [1.54, 1.807) is 0 Å². The molecule has 0 radical (unpaired) electrons. The second kappa shape index (κ2) is 8.23. The first kappa shape index (κ1) is 14.4. The predicted molar refractivity (Wildman–Crippen MR) is 84.8 cm³/mol. The average Bonchev–Trinajstić information content (AvgIpc) is 2.90. The highest BCUT2D eigenvalue weighted by Crippen LogP contribution is 2.27. The molecule has 18 heavy (non-hydrogen) atoms. The average molecular weight is 284 g/mol. The van der Waals surface area contributed by atoms with Gasteiger partial charge in [-0.05, 0) is 78.5 Å². The van der Waals surface area contributed by atoms with Gasteiger partial charge < -0.3 is 5.32 Å². The van der Waals surface area contributed by atoms with Crippen molar-refractivity contribution in [1.82, 2.24) is 5.32 Å². The molecule has 0 amide bonds. The fourth-order valence-electron chi connectivity index (χ4n) is 2.67. The zero-order valence-corrected chi connectivity index (χ0v) is 13.0. The summed E-state index contributed by atoms with van der Waals surface area (Å²) in [7, 11) is 0. The third-order valence-electron chi connectivity index (χ3n) is 3.70. The maximum absolute atomic E-state index is 3.75. The lowest BCUT2D eigenvalue weighted by Gasteiger charge is -2.27. The summed E-state index contributed by atoms with van der Waals surface area (Å²) >= 11 is 3.95. The summed E-state index contributed by atoms with van der Waals surface area (Å²) in [5.74, 6) is 3.71. The minimum atomic E-state index is 0.688. The highest BCUT2D eigenvalue weighted by molar-refractivity contribution is 7.99. The minimum Gasteiger partial charge on any atom is -0.314 e. The van der Waals surface area contributed by atoms with Crippen LogP contribution in [0.3, 0.4) is 0 Å². The van der Waals surface area contributed by atoms with Crippen molar-refractivity contribution >= 4 is 23.1 Å². The van der Waals surface area contributed by atoms with Crippen LogP contribution in [0.4, 0.5) is 0 Å².